The highest BCUT2D eigenvalue weighted by molar-refractivity contribution is 4.80. The lowest BCUT2D eigenvalue weighted by Gasteiger charge is -2.21. The van der Waals surface area contributed by atoms with Gasteiger partial charge in [-0.2, -0.15) is 0 Å². The van der Waals surface area contributed by atoms with Crippen molar-refractivity contribution in [1.82, 2.24) is 0 Å². The third-order valence-electron chi connectivity index (χ3n) is 5.23. The fourth-order valence-corrected chi connectivity index (χ4v) is 3.68. The van der Waals surface area contributed by atoms with Gasteiger partial charge in [0.1, 0.15) is 0 Å². The van der Waals surface area contributed by atoms with Crippen molar-refractivity contribution < 1.29 is 9.47 Å². The Labute approximate surface area is 112 Å². The molecule has 0 aromatic rings. The van der Waals surface area contributed by atoms with Crippen molar-refractivity contribution in [1.29, 1.82) is 0 Å². The van der Waals surface area contributed by atoms with Crippen molar-refractivity contribution in [2.45, 2.75) is 71.0 Å². The molecule has 1 unspecified atom stereocenters. The summed E-state index contributed by atoms with van der Waals surface area (Å²) in [5.74, 6) is 2.44. The zero-order chi connectivity index (χ0) is 13.0. The first-order chi connectivity index (χ1) is 8.72. The average molecular weight is 254 g/mol. The summed E-state index contributed by atoms with van der Waals surface area (Å²) >= 11 is 0. The van der Waals surface area contributed by atoms with Crippen LogP contribution >= 0.6 is 0 Å². The maximum Gasteiger partial charge on any atom is 0.0578 e. The highest BCUT2D eigenvalue weighted by atomic mass is 16.5. The van der Waals surface area contributed by atoms with Crippen molar-refractivity contribution in [3.63, 3.8) is 0 Å². The molecule has 18 heavy (non-hydrogen) atoms. The number of methoxy groups -OCH3 is 1. The van der Waals surface area contributed by atoms with Crippen LogP contribution in [0, 0.1) is 17.8 Å². The van der Waals surface area contributed by atoms with E-state index in [2.05, 4.69) is 13.8 Å². The molecule has 106 valence electrons. The van der Waals surface area contributed by atoms with E-state index in [9.17, 15) is 0 Å². The van der Waals surface area contributed by atoms with Gasteiger partial charge in [-0.3, -0.25) is 0 Å². The Balaban J connectivity index is 1.64. The minimum absolute atomic E-state index is 0.508. The lowest BCUT2D eigenvalue weighted by Crippen LogP contribution is -2.20. The Morgan fingerprint density at radius 3 is 2.44 bits per heavy atom. The van der Waals surface area contributed by atoms with Gasteiger partial charge >= 0.3 is 0 Å². The predicted octanol–water partition coefficient (Wildman–Crippen LogP) is 4.03. The third-order valence-corrected chi connectivity index (χ3v) is 5.23. The zero-order valence-electron chi connectivity index (χ0n) is 12.4. The molecule has 0 N–H and O–H groups in total. The summed E-state index contributed by atoms with van der Waals surface area (Å²) in [6.07, 6.45) is 10.2. The monoisotopic (exact) mass is 254 g/mol. The smallest absolute Gasteiger partial charge is 0.0578 e. The van der Waals surface area contributed by atoms with Gasteiger partial charge in [-0.05, 0) is 56.3 Å². The standard InChI is InChI=1S/C16H30O2/c1-4-13-5-7-16(9-13)18-11-12(2)14-6-8-15(10-14)17-3/h12-16H,4-11H2,1-3H3/t12?,13-,14+,15+,16-/m0/s1. The summed E-state index contributed by atoms with van der Waals surface area (Å²) in [6.45, 7) is 5.62. The van der Waals surface area contributed by atoms with Gasteiger partial charge < -0.3 is 9.47 Å². The lowest BCUT2D eigenvalue weighted by molar-refractivity contribution is 0.0194. The van der Waals surface area contributed by atoms with E-state index < -0.39 is 0 Å². The minimum atomic E-state index is 0.508. The van der Waals surface area contributed by atoms with E-state index in [4.69, 9.17) is 9.47 Å². The maximum absolute atomic E-state index is 6.14. The van der Waals surface area contributed by atoms with Crippen LogP contribution in [0.3, 0.4) is 0 Å². The van der Waals surface area contributed by atoms with Crippen LogP contribution in [0.2, 0.25) is 0 Å². The van der Waals surface area contributed by atoms with E-state index in [1.807, 2.05) is 7.11 Å². The molecule has 5 atom stereocenters. The zero-order valence-corrected chi connectivity index (χ0v) is 12.4. The van der Waals surface area contributed by atoms with Gasteiger partial charge in [-0.15, -0.1) is 0 Å². The molecule has 2 heteroatoms. The van der Waals surface area contributed by atoms with Gasteiger partial charge in [0.05, 0.1) is 12.2 Å². The van der Waals surface area contributed by atoms with E-state index >= 15 is 0 Å². The Hall–Kier alpha value is -0.0800. The van der Waals surface area contributed by atoms with Crippen molar-refractivity contribution in [2.75, 3.05) is 13.7 Å². The highest BCUT2D eigenvalue weighted by Gasteiger charge is 2.30. The highest BCUT2D eigenvalue weighted by Crippen LogP contribution is 2.35. The first-order valence-electron chi connectivity index (χ1n) is 7.87. The van der Waals surface area contributed by atoms with Gasteiger partial charge in [-0.25, -0.2) is 0 Å². The normalized spacial score (nSPS) is 38.2. The van der Waals surface area contributed by atoms with Crippen molar-refractivity contribution in [2.24, 2.45) is 17.8 Å². The Morgan fingerprint density at radius 2 is 1.83 bits per heavy atom. The van der Waals surface area contributed by atoms with Crippen molar-refractivity contribution in [3.8, 4) is 0 Å². The first kappa shape index (κ1) is 14.3. The molecule has 0 bridgehead atoms. The molecule has 2 nitrogen and oxygen atoms in total. The van der Waals surface area contributed by atoms with E-state index in [0.717, 1.165) is 18.4 Å². The second-order valence-electron chi connectivity index (χ2n) is 6.45. The second kappa shape index (κ2) is 6.91. The summed E-state index contributed by atoms with van der Waals surface area (Å²) in [5.41, 5.74) is 0. The average Bonchev–Trinajstić information content (AvgIpc) is 3.04. The van der Waals surface area contributed by atoms with Crippen LogP contribution in [0.5, 0.6) is 0 Å². The van der Waals surface area contributed by atoms with Gasteiger partial charge in [0, 0.05) is 13.7 Å². The molecular weight excluding hydrogens is 224 g/mol. The molecule has 2 rings (SSSR count). The quantitative estimate of drug-likeness (QED) is 0.712. The fourth-order valence-electron chi connectivity index (χ4n) is 3.68. The summed E-state index contributed by atoms with van der Waals surface area (Å²) in [6, 6.07) is 0. The molecule has 2 aliphatic rings. The van der Waals surface area contributed by atoms with Crippen molar-refractivity contribution in [3.05, 3.63) is 0 Å². The van der Waals surface area contributed by atoms with Crippen LogP contribution in [0.25, 0.3) is 0 Å². The predicted molar refractivity (Wildman–Crippen MR) is 74.7 cm³/mol. The number of ether oxygens (including phenoxy) is 2. The van der Waals surface area contributed by atoms with Crippen LogP contribution in [0.4, 0.5) is 0 Å². The van der Waals surface area contributed by atoms with Crippen LogP contribution in [-0.2, 0) is 9.47 Å². The Kier molecular flexibility index (Phi) is 5.50. The summed E-state index contributed by atoms with van der Waals surface area (Å²) in [7, 11) is 1.84. The SMILES string of the molecule is CC[C@H]1CC[C@H](OCC(C)[C@@H]2CC[C@@H](OC)C2)C1. The third kappa shape index (κ3) is 3.71. The van der Waals surface area contributed by atoms with Gasteiger partial charge in [-0.1, -0.05) is 20.3 Å². The fraction of sp³-hybridized carbons (Fsp3) is 1.00. The lowest BCUT2D eigenvalue weighted by atomic mass is 9.93. The molecule has 0 aromatic heterocycles. The molecule has 0 aliphatic heterocycles. The largest absolute Gasteiger partial charge is 0.381 e. The van der Waals surface area contributed by atoms with Gasteiger partial charge in [0.15, 0.2) is 0 Å². The maximum atomic E-state index is 6.14. The Bertz CT molecular complexity index is 241. The number of hydrogen-bond acceptors (Lipinski definition) is 2. The molecule has 0 radical (unpaired) electrons. The molecule has 0 saturated heterocycles. The summed E-state index contributed by atoms with van der Waals surface area (Å²) < 4.78 is 11.6. The minimum Gasteiger partial charge on any atom is -0.381 e. The molecule has 0 aromatic carbocycles. The van der Waals surface area contributed by atoms with Gasteiger partial charge in [0.25, 0.3) is 0 Å². The molecule has 2 fully saturated rings. The Morgan fingerprint density at radius 1 is 1.06 bits per heavy atom. The van der Waals surface area contributed by atoms with E-state index in [1.54, 1.807) is 0 Å². The molecule has 0 heterocycles. The van der Waals surface area contributed by atoms with Crippen LogP contribution < -0.4 is 0 Å². The first-order valence-corrected chi connectivity index (χ1v) is 7.87. The van der Waals surface area contributed by atoms with Crippen LogP contribution in [-0.4, -0.2) is 25.9 Å². The summed E-state index contributed by atoms with van der Waals surface area (Å²) in [5, 5.41) is 0. The molecule has 2 saturated carbocycles. The van der Waals surface area contributed by atoms with E-state index in [1.165, 1.54) is 44.9 Å². The van der Waals surface area contributed by atoms with Crippen LogP contribution in [0.15, 0.2) is 0 Å². The number of rotatable bonds is 6. The van der Waals surface area contributed by atoms with E-state index in [-0.39, 0.29) is 0 Å². The number of hydrogen-bond donors (Lipinski definition) is 0. The van der Waals surface area contributed by atoms with Crippen LogP contribution in [0.1, 0.15) is 58.8 Å². The van der Waals surface area contributed by atoms with Gasteiger partial charge in [0.2, 0.25) is 0 Å². The topological polar surface area (TPSA) is 18.5 Å². The molecule has 0 amide bonds. The van der Waals surface area contributed by atoms with Crippen molar-refractivity contribution >= 4 is 0 Å². The molecule has 0 spiro atoms. The van der Waals surface area contributed by atoms with E-state index in [0.29, 0.717) is 18.1 Å². The second-order valence-corrected chi connectivity index (χ2v) is 6.45. The molecular formula is C16H30O2. The summed E-state index contributed by atoms with van der Waals surface area (Å²) in [4.78, 5) is 0. The molecule has 2 aliphatic carbocycles.